The van der Waals surface area contributed by atoms with E-state index < -0.39 is 17.6 Å². The fourth-order valence-corrected chi connectivity index (χ4v) is 1.67. The monoisotopic (exact) mass is 269 g/mol. The van der Waals surface area contributed by atoms with Crippen LogP contribution in [0.25, 0.3) is 5.69 Å². The minimum atomic E-state index is -4.52. The number of alkyl halides is 3. The van der Waals surface area contributed by atoms with Gasteiger partial charge in [0, 0.05) is 25.0 Å². The van der Waals surface area contributed by atoms with Gasteiger partial charge in [0.1, 0.15) is 0 Å². The van der Waals surface area contributed by atoms with Gasteiger partial charge in [-0.1, -0.05) is 0 Å². The molecule has 2 rings (SSSR count). The number of anilines is 1. The van der Waals surface area contributed by atoms with Crippen molar-refractivity contribution in [3.8, 4) is 5.69 Å². The molecule has 4 nitrogen and oxygen atoms in total. The number of nitrogens with zero attached hydrogens (tertiary/aromatic N) is 2. The van der Waals surface area contributed by atoms with Crippen molar-refractivity contribution in [1.29, 1.82) is 0 Å². The molecule has 0 radical (unpaired) electrons. The fraction of sp³-hybridized carbons (Fsp3) is 0.167. The molecule has 0 saturated carbocycles. The highest BCUT2D eigenvalue weighted by atomic mass is 19.4. The molecule has 0 fully saturated rings. The fourth-order valence-electron chi connectivity index (χ4n) is 1.67. The van der Waals surface area contributed by atoms with E-state index in [1.165, 1.54) is 42.3 Å². The van der Waals surface area contributed by atoms with Crippen LogP contribution in [0.2, 0.25) is 0 Å². The van der Waals surface area contributed by atoms with E-state index in [1.807, 2.05) is 0 Å². The standard InChI is InChI=1S/C12H10F3N3O/c1-8(19)17-9-2-3-11(18-5-4-16-7-18)10(6-9)12(13,14)15/h2-7H,1H3,(H,17,19). The molecule has 0 bridgehead atoms. The summed E-state index contributed by atoms with van der Waals surface area (Å²) in [7, 11) is 0. The maximum Gasteiger partial charge on any atom is 0.418 e. The first kappa shape index (κ1) is 13.1. The van der Waals surface area contributed by atoms with Crippen molar-refractivity contribution in [2.75, 3.05) is 5.32 Å². The van der Waals surface area contributed by atoms with Gasteiger partial charge in [-0.25, -0.2) is 4.98 Å². The Morgan fingerprint density at radius 1 is 1.37 bits per heavy atom. The highest BCUT2D eigenvalue weighted by Crippen LogP contribution is 2.35. The van der Waals surface area contributed by atoms with Crippen molar-refractivity contribution in [2.45, 2.75) is 13.1 Å². The molecule has 7 heteroatoms. The van der Waals surface area contributed by atoms with Crippen molar-refractivity contribution >= 4 is 11.6 Å². The first-order valence-corrected chi connectivity index (χ1v) is 5.35. The number of aromatic nitrogens is 2. The smallest absolute Gasteiger partial charge is 0.326 e. The lowest BCUT2D eigenvalue weighted by molar-refractivity contribution is -0.137. The van der Waals surface area contributed by atoms with Crippen LogP contribution in [0.3, 0.4) is 0 Å². The van der Waals surface area contributed by atoms with E-state index in [4.69, 9.17) is 0 Å². The summed E-state index contributed by atoms with van der Waals surface area (Å²) in [6.45, 7) is 1.23. The molecule has 1 aromatic heterocycles. The Hall–Kier alpha value is -2.31. The van der Waals surface area contributed by atoms with Crippen molar-refractivity contribution in [3.05, 3.63) is 42.5 Å². The average molecular weight is 269 g/mol. The molecule has 0 aliphatic carbocycles. The van der Waals surface area contributed by atoms with Gasteiger partial charge in [-0.15, -0.1) is 0 Å². The van der Waals surface area contributed by atoms with E-state index in [1.54, 1.807) is 0 Å². The van der Waals surface area contributed by atoms with Gasteiger partial charge in [-0.2, -0.15) is 13.2 Å². The highest BCUT2D eigenvalue weighted by molar-refractivity contribution is 5.88. The Morgan fingerprint density at radius 3 is 2.63 bits per heavy atom. The second-order valence-corrected chi connectivity index (χ2v) is 3.88. The molecule has 0 unspecified atom stereocenters. The summed E-state index contributed by atoms with van der Waals surface area (Å²) >= 11 is 0. The third-order valence-corrected chi connectivity index (χ3v) is 2.40. The zero-order valence-electron chi connectivity index (χ0n) is 9.90. The summed E-state index contributed by atoms with van der Waals surface area (Å²) in [5, 5.41) is 2.33. The minimum absolute atomic E-state index is 0.0425. The summed E-state index contributed by atoms with van der Waals surface area (Å²) in [5.74, 6) is -0.427. The molecular weight excluding hydrogens is 259 g/mol. The zero-order valence-corrected chi connectivity index (χ0v) is 9.90. The van der Waals surface area contributed by atoms with Crippen molar-refractivity contribution in [2.24, 2.45) is 0 Å². The largest absolute Gasteiger partial charge is 0.418 e. The van der Waals surface area contributed by atoms with Gasteiger partial charge in [-0.3, -0.25) is 4.79 Å². The first-order chi connectivity index (χ1) is 8.88. The molecular formula is C12H10F3N3O. The third kappa shape index (κ3) is 2.93. The van der Waals surface area contributed by atoms with E-state index in [9.17, 15) is 18.0 Å². The Labute approximate surface area is 106 Å². The average Bonchev–Trinajstić information content (AvgIpc) is 2.80. The lowest BCUT2D eigenvalue weighted by Crippen LogP contribution is -2.12. The quantitative estimate of drug-likeness (QED) is 0.911. The van der Waals surface area contributed by atoms with E-state index in [-0.39, 0.29) is 11.4 Å². The molecule has 19 heavy (non-hydrogen) atoms. The topological polar surface area (TPSA) is 46.9 Å². The maximum atomic E-state index is 13.0. The van der Waals surface area contributed by atoms with Crippen molar-refractivity contribution in [3.63, 3.8) is 0 Å². The summed E-state index contributed by atoms with van der Waals surface area (Å²) in [6, 6.07) is 3.60. The van der Waals surface area contributed by atoms with Crippen LogP contribution in [-0.4, -0.2) is 15.5 Å². The Morgan fingerprint density at radius 2 is 2.11 bits per heavy atom. The Kier molecular flexibility index (Phi) is 3.28. The Bertz CT molecular complexity index is 591. The van der Waals surface area contributed by atoms with Gasteiger partial charge in [0.2, 0.25) is 5.91 Å². The number of amides is 1. The van der Waals surface area contributed by atoms with Crippen LogP contribution in [0.1, 0.15) is 12.5 Å². The van der Waals surface area contributed by atoms with Crippen molar-refractivity contribution < 1.29 is 18.0 Å². The first-order valence-electron chi connectivity index (χ1n) is 5.35. The minimum Gasteiger partial charge on any atom is -0.326 e. The molecule has 0 aliphatic rings. The van der Waals surface area contributed by atoms with Gasteiger partial charge >= 0.3 is 6.18 Å². The number of carbonyl (C=O) groups excluding carboxylic acids is 1. The molecule has 0 saturated heterocycles. The predicted octanol–water partition coefficient (Wildman–Crippen LogP) is 2.85. The number of halogens is 3. The lowest BCUT2D eigenvalue weighted by Gasteiger charge is -2.15. The van der Waals surface area contributed by atoms with Crippen LogP contribution in [0, 0.1) is 0 Å². The molecule has 0 atom stereocenters. The summed E-state index contributed by atoms with van der Waals surface area (Å²) < 4.78 is 40.3. The molecule has 2 aromatic rings. The summed E-state index contributed by atoms with van der Waals surface area (Å²) in [4.78, 5) is 14.6. The van der Waals surface area contributed by atoms with E-state index in [0.717, 1.165) is 6.07 Å². The highest BCUT2D eigenvalue weighted by Gasteiger charge is 2.34. The molecule has 1 N–H and O–H groups in total. The van der Waals surface area contributed by atoms with Gasteiger partial charge in [-0.05, 0) is 18.2 Å². The number of hydrogen-bond donors (Lipinski definition) is 1. The van der Waals surface area contributed by atoms with Gasteiger partial charge in [0.25, 0.3) is 0 Å². The summed E-state index contributed by atoms with van der Waals surface area (Å²) in [6.07, 6.45) is -0.429. The van der Waals surface area contributed by atoms with Crippen LogP contribution < -0.4 is 5.32 Å². The second-order valence-electron chi connectivity index (χ2n) is 3.88. The van der Waals surface area contributed by atoms with E-state index in [0.29, 0.717) is 0 Å². The van der Waals surface area contributed by atoms with Crippen LogP contribution >= 0.6 is 0 Å². The van der Waals surface area contributed by atoms with Crippen LogP contribution in [0.5, 0.6) is 0 Å². The normalized spacial score (nSPS) is 11.4. The van der Waals surface area contributed by atoms with E-state index in [2.05, 4.69) is 10.3 Å². The number of rotatable bonds is 2. The predicted molar refractivity (Wildman–Crippen MR) is 62.9 cm³/mol. The van der Waals surface area contributed by atoms with Gasteiger partial charge < -0.3 is 9.88 Å². The van der Waals surface area contributed by atoms with Crippen LogP contribution in [0.15, 0.2) is 36.9 Å². The third-order valence-electron chi connectivity index (χ3n) is 2.40. The number of hydrogen-bond acceptors (Lipinski definition) is 2. The van der Waals surface area contributed by atoms with E-state index >= 15 is 0 Å². The molecule has 1 aromatic carbocycles. The zero-order chi connectivity index (χ0) is 14.0. The molecule has 0 spiro atoms. The SMILES string of the molecule is CC(=O)Nc1ccc(-n2ccnc2)c(C(F)(F)F)c1. The molecule has 1 amide bonds. The summed E-state index contributed by atoms with van der Waals surface area (Å²) in [5.41, 5.74) is -0.778. The second kappa shape index (κ2) is 4.75. The molecule has 100 valence electrons. The molecule has 1 heterocycles. The number of imidazole rings is 1. The van der Waals surface area contributed by atoms with Gasteiger partial charge in [0.15, 0.2) is 0 Å². The number of benzene rings is 1. The number of carbonyl (C=O) groups is 1. The van der Waals surface area contributed by atoms with Crippen LogP contribution in [0.4, 0.5) is 18.9 Å². The van der Waals surface area contributed by atoms with Crippen molar-refractivity contribution in [1.82, 2.24) is 9.55 Å². The number of nitrogens with one attached hydrogen (secondary N) is 1. The van der Waals surface area contributed by atoms with Crippen LogP contribution in [-0.2, 0) is 11.0 Å². The van der Waals surface area contributed by atoms with Gasteiger partial charge in [0.05, 0.1) is 17.6 Å². The Balaban J connectivity index is 2.53. The maximum absolute atomic E-state index is 13.0. The molecule has 0 aliphatic heterocycles. The lowest BCUT2D eigenvalue weighted by atomic mass is 10.1.